The molecule has 38 heavy (non-hydrogen) atoms. The summed E-state index contributed by atoms with van der Waals surface area (Å²) in [5.74, 6) is -1.05. The van der Waals surface area contributed by atoms with Gasteiger partial charge in [-0.2, -0.15) is 5.10 Å². The summed E-state index contributed by atoms with van der Waals surface area (Å²) in [6.45, 7) is 1.81. The molecule has 2 aromatic heterocycles. The Bertz CT molecular complexity index is 1380. The van der Waals surface area contributed by atoms with Crippen molar-refractivity contribution in [3.05, 3.63) is 41.2 Å². The number of hydrogen-bond acceptors (Lipinski definition) is 9. The van der Waals surface area contributed by atoms with Crippen molar-refractivity contribution < 1.29 is 27.8 Å². The van der Waals surface area contributed by atoms with E-state index < -0.39 is 18.0 Å². The zero-order valence-corrected chi connectivity index (χ0v) is 20.8. The lowest BCUT2D eigenvalue weighted by atomic mass is 9.93. The highest BCUT2D eigenvalue weighted by Crippen LogP contribution is 2.38. The van der Waals surface area contributed by atoms with Gasteiger partial charge in [-0.1, -0.05) is 0 Å². The predicted molar refractivity (Wildman–Crippen MR) is 132 cm³/mol. The van der Waals surface area contributed by atoms with Gasteiger partial charge in [0.25, 0.3) is 5.91 Å². The topological polar surface area (TPSA) is 135 Å². The molecule has 202 valence electrons. The van der Waals surface area contributed by atoms with Crippen LogP contribution in [0, 0.1) is 0 Å². The van der Waals surface area contributed by atoms with E-state index in [0.29, 0.717) is 48.6 Å². The Hall–Kier alpha value is -3.91. The molecule has 1 atom stereocenters. The van der Waals surface area contributed by atoms with Crippen molar-refractivity contribution in [3.8, 4) is 17.1 Å². The molecule has 0 unspecified atom stereocenters. The fraction of sp³-hybridized carbons (Fsp3) is 0.417. The number of carbonyl (C=O) groups is 1. The van der Waals surface area contributed by atoms with E-state index >= 15 is 0 Å². The maximum Gasteiger partial charge on any atom is 0.573 e. The van der Waals surface area contributed by atoms with Crippen molar-refractivity contribution in [2.24, 2.45) is 12.8 Å². The van der Waals surface area contributed by atoms with Crippen molar-refractivity contribution in [3.63, 3.8) is 0 Å². The molecule has 5 rings (SSSR count). The molecule has 1 aromatic carbocycles. The zero-order valence-electron chi connectivity index (χ0n) is 20.8. The summed E-state index contributed by atoms with van der Waals surface area (Å²) < 4.78 is 45.4. The standard InChI is InChI=1S/C24H27F3N8O3/c1-33-7-8-35(15(11-33)12-36)14-4-6-18(38-24(25,26)27)17(9-14)30-23-29-10-13-3-5-16-20(22(28)37)32-34(2)21(16)19(13)31-23/h4,6,9-10,15,36H,3,5,7-8,11-12H2,1-2H3,(H2,28,37)(H,29,30,31)/t15-/m0/s1. The van der Waals surface area contributed by atoms with Crippen LogP contribution < -0.4 is 20.7 Å². The van der Waals surface area contributed by atoms with Gasteiger partial charge >= 0.3 is 6.36 Å². The summed E-state index contributed by atoms with van der Waals surface area (Å²) in [5, 5.41) is 17.0. The van der Waals surface area contributed by atoms with Gasteiger partial charge in [-0.05, 0) is 43.7 Å². The van der Waals surface area contributed by atoms with E-state index in [0.717, 1.165) is 12.1 Å². The minimum atomic E-state index is -4.91. The number of hydrogen-bond donors (Lipinski definition) is 3. The first-order valence-corrected chi connectivity index (χ1v) is 12.0. The van der Waals surface area contributed by atoms with Gasteiger partial charge in [0.05, 0.1) is 29.7 Å². The van der Waals surface area contributed by atoms with Crippen molar-refractivity contribution in [1.29, 1.82) is 0 Å². The second-order valence-corrected chi connectivity index (χ2v) is 9.38. The molecule has 1 fully saturated rings. The normalized spacial score (nSPS) is 17.6. The number of carbonyl (C=O) groups excluding carboxylic acids is 1. The van der Waals surface area contributed by atoms with E-state index in [1.165, 1.54) is 22.9 Å². The average molecular weight is 533 g/mol. The van der Waals surface area contributed by atoms with Crippen LogP contribution in [0.3, 0.4) is 0 Å². The molecule has 0 spiro atoms. The van der Waals surface area contributed by atoms with Crippen LogP contribution in [0.2, 0.25) is 0 Å². The number of nitrogens with zero attached hydrogens (tertiary/aromatic N) is 6. The summed E-state index contributed by atoms with van der Waals surface area (Å²) in [6, 6.07) is 4.06. The largest absolute Gasteiger partial charge is 0.573 e. The first kappa shape index (κ1) is 25.7. The second-order valence-electron chi connectivity index (χ2n) is 9.38. The number of amides is 1. The van der Waals surface area contributed by atoms with Crippen LogP contribution in [0.4, 0.5) is 30.5 Å². The third kappa shape index (κ3) is 4.96. The first-order chi connectivity index (χ1) is 18.0. The summed E-state index contributed by atoms with van der Waals surface area (Å²) in [5.41, 5.74) is 8.88. The fourth-order valence-electron chi connectivity index (χ4n) is 5.05. The van der Waals surface area contributed by atoms with E-state index in [1.807, 2.05) is 11.9 Å². The van der Waals surface area contributed by atoms with Crippen LogP contribution in [-0.4, -0.2) is 81.4 Å². The maximum absolute atomic E-state index is 13.2. The van der Waals surface area contributed by atoms with Gasteiger partial charge < -0.3 is 30.7 Å². The molecule has 2 aliphatic rings. The van der Waals surface area contributed by atoms with Gasteiger partial charge in [-0.25, -0.2) is 9.97 Å². The van der Waals surface area contributed by atoms with Crippen LogP contribution in [0.15, 0.2) is 24.4 Å². The molecule has 0 bridgehead atoms. The molecule has 1 saturated heterocycles. The number of anilines is 3. The average Bonchev–Trinajstić information content (AvgIpc) is 3.21. The number of halogens is 3. The Morgan fingerprint density at radius 3 is 2.76 bits per heavy atom. The Morgan fingerprint density at radius 1 is 1.26 bits per heavy atom. The molecule has 14 heteroatoms. The number of aryl methyl sites for hydroxylation is 2. The van der Waals surface area contributed by atoms with Crippen molar-refractivity contribution in [2.75, 3.05) is 43.5 Å². The number of aliphatic hydroxyl groups is 1. The summed E-state index contributed by atoms with van der Waals surface area (Å²) in [6.07, 6.45) is -2.22. The Balaban J connectivity index is 1.53. The Morgan fingerprint density at radius 2 is 2.05 bits per heavy atom. The number of likely N-dealkylation sites (N-methyl/N-ethyl adjacent to an activating group) is 1. The molecule has 1 amide bonds. The number of alkyl halides is 3. The number of nitrogens with one attached hydrogen (secondary N) is 1. The van der Waals surface area contributed by atoms with E-state index in [9.17, 15) is 23.1 Å². The molecular formula is C24H27F3N8O3. The summed E-state index contributed by atoms with van der Waals surface area (Å²) in [4.78, 5) is 24.8. The number of ether oxygens (including phenoxy) is 1. The number of nitrogens with two attached hydrogens (primary N) is 1. The molecule has 3 heterocycles. The Labute approximate surface area is 216 Å². The van der Waals surface area contributed by atoms with Crippen LogP contribution in [-0.2, 0) is 19.9 Å². The number of aliphatic hydroxyl groups excluding tert-OH is 1. The third-order valence-electron chi connectivity index (χ3n) is 6.78. The number of fused-ring (bicyclic) bond motifs is 3. The number of benzene rings is 1. The number of rotatable bonds is 6. The van der Waals surface area contributed by atoms with Crippen LogP contribution in [0.1, 0.15) is 21.6 Å². The van der Waals surface area contributed by atoms with Gasteiger partial charge in [0, 0.05) is 44.1 Å². The van der Waals surface area contributed by atoms with Gasteiger partial charge in [0.1, 0.15) is 0 Å². The lowest BCUT2D eigenvalue weighted by Gasteiger charge is -2.40. The van der Waals surface area contributed by atoms with E-state index in [4.69, 9.17) is 5.73 Å². The van der Waals surface area contributed by atoms with Crippen molar-refractivity contribution >= 4 is 23.2 Å². The molecule has 11 nitrogen and oxygen atoms in total. The molecule has 0 saturated carbocycles. The Kier molecular flexibility index (Phi) is 6.61. The molecule has 0 radical (unpaired) electrons. The number of primary amides is 1. The highest BCUT2D eigenvalue weighted by Gasteiger charge is 2.33. The highest BCUT2D eigenvalue weighted by molar-refractivity contribution is 5.94. The smallest absolute Gasteiger partial charge is 0.404 e. The van der Waals surface area contributed by atoms with Crippen LogP contribution in [0.25, 0.3) is 11.4 Å². The minimum absolute atomic E-state index is 0.00857. The van der Waals surface area contributed by atoms with Crippen LogP contribution in [0.5, 0.6) is 5.75 Å². The summed E-state index contributed by atoms with van der Waals surface area (Å²) in [7, 11) is 3.61. The van der Waals surface area contributed by atoms with E-state index in [-0.39, 0.29) is 30.0 Å². The third-order valence-corrected chi connectivity index (χ3v) is 6.78. The van der Waals surface area contributed by atoms with Crippen LogP contribution >= 0.6 is 0 Å². The minimum Gasteiger partial charge on any atom is -0.404 e. The lowest BCUT2D eigenvalue weighted by Crippen LogP contribution is -2.53. The molecule has 3 aromatic rings. The molecule has 1 aliphatic carbocycles. The van der Waals surface area contributed by atoms with Gasteiger partial charge in [-0.15, -0.1) is 13.2 Å². The highest BCUT2D eigenvalue weighted by atomic mass is 19.4. The van der Waals surface area contributed by atoms with E-state index in [1.54, 1.807) is 13.2 Å². The van der Waals surface area contributed by atoms with Crippen molar-refractivity contribution in [1.82, 2.24) is 24.6 Å². The summed E-state index contributed by atoms with van der Waals surface area (Å²) >= 11 is 0. The maximum atomic E-state index is 13.2. The first-order valence-electron chi connectivity index (χ1n) is 12.0. The molecular weight excluding hydrogens is 505 g/mol. The van der Waals surface area contributed by atoms with Gasteiger partial charge in [0.2, 0.25) is 5.95 Å². The number of piperazine rings is 1. The lowest BCUT2D eigenvalue weighted by molar-refractivity contribution is -0.274. The SMILES string of the molecule is CN1CCN(c2ccc(OC(F)(F)F)c(Nc3ncc4c(n3)-c3c(c(C(N)=O)nn3C)CC4)c2)[C@H](CO)C1. The quantitative estimate of drug-likeness (QED) is 0.435. The van der Waals surface area contributed by atoms with Gasteiger partial charge in [-0.3, -0.25) is 9.48 Å². The molecule has 4 N–H and O–H groups in total. The second kappa shape index (κ2) is 9.76. The molecule has 1 aliphatic heterocycles. The van der Waals surface area contributed by atoms with Crippen molar-refractivity contribution in [2.45, 2.75) is 25.2 Å². The fourth-order valence-corrected chi connectivity index (χ4v) is 5.05. The predicted octanol–water partition coefficient (Wildman–Crippen LogP) is 1.83. The van der Waals surface area contributed by atoms with E-state index in [2.05, 4.69) is 30.0 Å². The number of aromatic nitrogens is 4. The monoisotopic (exact) mass is 532 g/mol. The van der Waals surface area contributed by atoms with Gasteiger partial charge in [0.15, 0.2) is 11.4 Å². The zero-order chi connectivity index (χ0) is 27.2.